The van der Waals surface area contributed by atoms with Crippen molar-refractivity contribution in [1.82, 2.24) is 4.72 Å². The minimum absolute atomic E-state index is 0. The Bertz CT molecular complexity index is 414. The standard InChI is InChI=1S/C8H14N2O2S2.ClH/c1-6-5-8(7(2)13-6)14(11,12)10-4-3-9;/h5,10H,3-4,9H2,1-2H3;1H. The van der Waals surface area contributed by atoms with Crippen molar-refractivity contribution in [3.8, 4) is 0 Å². The zero-order valence-corrected chi connectivity index (χ0v) is 11.1. The van der Waals surface area contributed by atoms with E-state index in [2.05, 4.69) is 4.72 Å². The van der Waals surface area contributed by atoms with Crippen molar-refractivity contribution < 1.29 is 8.42 Å². The zero-order valence-electron chi connectivity index (χ0n) is 8.61. The maximum Gasteiger partial charge on any atom is 0.241 e. The van der Waals surface area contributed by atoms with E-state index in [1.807, 2.05) is 6.92 Å². The molecule has 15 heavy (non-hydrogen) atoms. The number of hydrogen-bond acceptors (Lipinski definition) is 4. The molecule has 0 radical (unpaired) electrons. The van der Waals surface area contributed by atoms with Gasteiger partial charge in [-0.2, -0.15) is 0 Å². The average molecular weight is 271 g/mol. The molecule has 0 bridgehead atoms. The molecule has 4 nitrogen and oxygen atoms in total. The number of thiophene rings is 1. The molecule has 0 fully saturated rings. The number of hydrogen-bond donors (Lipinski definition) is 2. The smallest absolute Gasteiger partial charge is 0.241 e. The van der Waals surface area contributed by atoms with Crippen LogP contribution < -0.4 is 10.5 Å². The van der Waals surface area contributed by atoms with E-state index in [-0.39, 0.29) is 19.0 Å². The van der Waals surface area contributed by atoms with Crippen LogP contribution in [0.1, 0.15) is 9.75 Å². The third kappa shape index (κ3) is 3.73. The number of rotatable bonds is 4. The molecule has 0 saturated carbocycles. The van der Waals surface area contributed by atoms with Crippen molar-refractivity contribution >= 4 is 33.8 Å². The Morgan fingerprint density at radius 1 is 1.47 bits per heavy atom. The van der Waals surface area contributed by atoms with Gasteiger partial charge in [0.25, 0.3) is 0 Å². The molecule has 0 spiro atoms. The molecule has 1 aromatic rings. The molecule has 1 rings (SSSR count). The second kappa shape index (κ2) is 5.81. The Morgan fingerprint density at radius 2 is 2.07 bits per heavy atom. The third-order valence-corrected chi connectivity index (χ3v) is 4.40. The van der Waals surface area contributed by atoms with E-state index >= 15 is 0 Å². The SMILES string of the molecule is Cc1cc(S(=O)(=O)NCCN)c(C)s1.Cl. The maximum absolute atomic E-state index is 11.7. The highest BCUT2D eigenvalue weighted by Crippen LogP contribution is 2.24. The van der Waals surface area contributed by atoms with Crippen molar-refractivity contribution in [2.45, 2.75) is 18.7 Å². The molecule has 0 aliphatic carbocycles. The van der Waals surface area contributed by atoms with Crippen LogP contribution in [0.5, 0.6) is 0 Å². The quantitative estimate of drug-likeness (QED) is 0.858. The Labute approximate surface area is 100 Å². The predicted molar refractivity (Wildman–Crippen MR) is 65.3 cm³/mol. The van der Waals surface area contributed by atoms with Gasteiger partial charge in [-0.3, -0.25) is 0 Å². The Balaban J connectivity index is 0.00000196. The van der Waals surface area contributed by atoms with Gasteiger partial charge in [0.2, 0.25) is 10.0 Å². The van der Waals surface area contributed by atoms with Gasteiger partial charge in [0.1, 0.15) is 0 Å². The summed E-state index contributed by atoms with van der Waals surface area (Å²) in [6.45, 7) is 4.27. The average Bonchev–Trinajstić information content (AvgIpc) is 2.42. The molecule has 0 amide bonds. The van der Waals surface area contributed by atoms with Crippen LogP contribution in [0.2, 0.25) is 0 Å². The van der Waals surface area contributed by atoms with Crippen molar-refractivity contribution in [2.24, 2.45) is 5.73 Å². The second-order valence-corrected chi connectivity index (χ2v) is 6.16. The minimum atomic E-state index is -3.35. The maximum atomic E-state index is 11.7. The van der Waals surface area contributed by atoms with Crippen LogP contribution in [-0.4, -0.2) is 21.5 Å². The van der Waals surface area contributed by atoms with Gasteiger partial charge < -0.3 is 5.73 Å². The summed E-state index contributed by atoms with van der Waals surface area (Å²) in [4.78, 5) is 2.18. The van der Waals surface area contributed by atoms with Crippen LogP contribution in [0.25, 0.3) is 0 Å². The number of nitrogens with two attached hydrogens (primary N) is 1. The van der Waals surface area contributed by atoms with Gasteiger partial charge in [-0.15, -0.1) is 23.7 Å². The number of nitrogens with one attached hydrogen (secondary N) is 1. The largest absolute Gasteiger partial charge is 0.329 e. The number of halogens is 1. The topological polar surface area (TPSA) is 72.2 Å². The van der Waals surface area contributed by atoms with Crippen molar-refractivity contribution in [1.29, 1.82) is 0 Å². The van der Waals surface area contributed by atoms with E-state index in [9.17, 15) is 8.42 Å². The molecule has 1 aromatic heterocycles. The number of aryl methyl sites for hydroxylation is 2. The van der Waals surface area contributed by atoms with Crippen molar-refractivity contribution in [3.05, 3.63) is 15.8 Å². The van der Waals surface area contributed by atoms with Crippen LogP contribution in [-0.2, 0) is 10.0 Å². The normalized spacial score (nSPS) is 11.1. The first-order chi connectivity index (χ1) is 6.47. The van der Waals surface area contributed by atoms with Gasteiger partial charge in [-0.1, -0.05) is 0 Å². The van der Waals surface area contributed by atoms with E-state index in [4.69, 9.17) is 5.73 Å². The summed E-state index contributed by atoms with van der Waals surface area (Å²) in [6, 6.07) is 1.68. The lowest BCUT2D eigenvalue weighted by Gasteiger charge is -2.03. The van der Waals surface area contributed by atoms with E-state index in [0.29, 0.717) is 11.4 Å². The van der Waals surface area contributed by atoms with Crippen molar-refractivity contribution in [2.75, 3.05) is 13.1 Å². The fourth-order valence-electron chi connectivity index (χ4n) is 1.15. The molecule has 3 N–H and O–H groups in total. The molecular weight excluding hydrogens is 256 g/mol. The van der Waals surface area contributed by atoms with Gasteiger partial charge in [0.15, 0.2) is 0 Å². The Morgan fingerprint density at radius 3 is 2.47 bits per heavy atom. The third-order valence-electron chi connectivity index (χ3n) is 1.72. The van der Waals surface area contributed by atoms with Gasteiger partial charge >= 0.3 is 0 Å². The summed E-state index contributed by atoms with van der Waals surface area (Å²) in [7, 11) is -3.35. The van der Waals surface area contributed by atoms with Gasteiger partial charge in [0.05, 0.1) is 4.90 Å². The zero-order chi connectivity index (χ0) is 10.8. The summed E-state index contributed by atoms with van der Waals surface area (Å²) in [5.74, 6) is 0. The molecule has 0 aliphatic rings. The highest BCUT2D eigenvalue weighted by Gasteiger charge is 2.17. The first kappa shape index (κ1) is 14.9. The van der Waals surface area contributed by atoms with E-state index in [1.165, 1.54) is 11.3 Å². The van der Waals surface area contributed by atoms with Crippen LogP contribution in [0, 0.1) is 13.8 Å². The van der Waals surface area contributed by atoms with Gasteiger partial charge in [0, 0.05) is 22.8 Å². The molecular formula is C8H15ClN2O2S2. The molecule has 88 valence electrons. The molecule has 0 atom stereocenters. The summed E-state index contributed by atoms with van der Waals surface area (Å²) in [5.41, 5.74) is 5.23. The summed E-state index contributed by atoms with van der Waals surface area (Å²) in [5, 5.41) is 0. The summed E-state index contributed by atoms with van der Waals surface area (Å²) >= 11 is 1.48. The fraction of sp³-hybridized carbons (Fsp3) is 0.500. The summed E-state index contributed by atoms with van der Waals surface area (Å²) < 4.78 is 25.8. The Kier molecular flexibility index (Phi) is 5.76. The van der Waals surface area contributed by atoms with Crippen LogP contribution in [0.3, 0.4) is 0 Å². The lowest BCUT2D eigenvalue weighted by Crippen LogP contribution is -2.29. The van der Waals surface area contributed by atoms with Crippen molar-refractivity contribution in [3.63, 3.8) is 0 Å². The monoisotopic (exact) mass is 270 g/mol. The first-order valence-electron chi connectivity index (χ1n) is 4.24. The molecule has 7 heteroatoms. The minimum Gasteiger partial charge on any atom is -0.329 e. The Hall–Kier alpha value is -0.140. The predicted octanol–water partition coefficient (Wildman–Crippen LogP) is 1.02. The molecule has 0 saturated heterocycles. The lowest BCUT2D eigenvalue weighted by atomic mass is 10.4. The summed E-state index contributed by atoms with van der Waals surface area (Å²) in [6.07, 6.45) is 0. The molecule has 0 aliphatic heterocycles. The highest BCUT2D eigenvalue weighted by atomic mass is 35.5. The van der Waals surface area contributed by atoms with Gasteiger partial charge in [-0.05, 0) is 19.9 Å². The second-order valence-electron chi connectivity index (χ2n) is 2.96. The molecule has 0 unspecified atom stereocenters. The highest BCUT2D eigenvalue weighted by molar-refractivity contribution is 7.89. The fourth-order valence-corrected chi connectivity index (χ4v) is 3.75. The lowest BCUT2D eigenvalue weighted by molar-refractivity contribution is 0.582. The number of sulfonamides is 1. The van der Waals surface area contributed by atoms with E-state index < -0.39 is 10.0 Å². The van der Waals surface area contributed by atoms with Crippen LogP contribution >= 0.6 is 23.7 Å². The van der Waals surface area contributed by atoms with E-state index in [0.717, 1.165) is 9.75 Å². The van der Waals surface area contributed by atoms with Crippen LogP contribution in [0.15, 0.2) is 11.0 Å². The van der Waals surface area contributed by atoms with Crippen LogP contribution in [0.4, 0.5) is 0 Å². The molecule has 0 aromatic carbocycles. The van der Waals surface area contributed by atoms with E-state index in [1.54, 1.807) is 13.0 Å². The first-order valence-corrected chi connectivity index (χ1v) is 6.54. The molecule has 1 heterocycles. The van der Waals surface area contributed by atoms with Gasteiger partial charge in [-0.25, -0.2) is 13.1 Å².